The van der Waals surface area contributed by atoms with Crippen molar-refractivity contribution in [2.24, 2.45) is 0 Å². The van der Waals surface area contributed by atoms with E-state index in [1.807, 2.05) is 48.7 Å². The summed E-state index contributed by atoms with van der Waals surface area (Å²) in [5.41, 5.74) is 2.56. The molecule has 0 spiro atoms. The van der Waals surface area contributed by atoms with E-state index in [0.717, 1.165) is 20.8 Å². The number of thioether (sulfide) groups is 1. The van der Waals surface area contributed by atoms with Crippen LogP contribution in [0.25, 0.3) is 21.9 Å². The van der Waals surface area contributed by atoms with E-state index >= 15 is 0 Å². The molecule has 0 N–H and O–H groups in total. The van der Waals surface area contributed by atoms with Crippen molar-refractivity contribution in [1.82, 2.24) is 4.98 Å². The number of nitrogens with zero attached hydrogens (tertiary/aromatic N) is 2. The molecule has 0 aliphatic heterocycles. The second-order valence-corrected chi connectivity index (χ2v) is 6.34. The Balaban J connectivity index is 2.00. The molecule has 0 saturated heterocycles. The molecule has 21 heavy (non-hydrogen) atoms. The van der Waals surface area contributed by atoms with E-state index in [4.69, 9.17) is 0 Å². The molecule has 1 heterocycles. The molecule has 2 aromatic carbocycles. The highest BCUT2D eigenvalue weighted by Crippen LogP contribution is 2.28. The predicted molar refractivity (Wildman–Crippen MR) is 91.3 cm³/mol. The van der Waals surface area contributed by atoms with Crippen molar-refractivity contribution in [2.75, 3.05) is 6.26 Å². The first-order valence-corrected chi connectivity index (χ1v) is 8.46. The van der Waals surface area contributed by atoms with Crippen molar-refractivity contribution >= 4 is 45.0 Å². The first-order valence-electron chi connectivity index (χ1n) is 6.42. The highest BCUT2D eigenvalue weighted by atomic mass is 32.2. The third-order valence-corrected chi connectivity index (χ3v) is 4.88. The molecule has 2 nitrogen and oxygen atoms in total. The van der Waals surface area contributed by atoms with Crippen molar-refractivity contribution in [3.05, 3.63) is 59.1 Å². The van der Waals surface area contributed by atoms with Crippen molar-refractivity contribution in [1.29, 1.82) is 5.26 Å². The quantitative estimate of drug-likeness (QED) is 0.500. The maximum Gasteiger partial charge on any atom is 0.135 e. The van der Waals surface area contributed by atoms with Crippen molar-refractivity contribution in [3.63, 3.8) is 0 Å². The number of para-hydroxylation sites is 1. The van der Waals surface area contributed by atoms with Crippen molar-refractivity contribution in [3.8, 4) is 6.07 Å². The molecule has 3 rings (SSSR count). The van der Waals surface area contributed by atoms with Crippen molar-refractivity contribution < 1.29 is 0 Å². The van der Waals surface area contributed by atoms with Gasteiger partial charge >= 0.3 is 0 Å². The number of aromatic nitrogens is 1. The zero-order valence-corrected chi connectivity index (χ0v) is 13.0. The second kappa shape index (κ2) is 6.13. The Morgan fingerprint density at radius 3 is 2.62 bits per heavy atom. The third kappa shape index (κ3) is 2.99. The molecule has 0 bridgehead atoms. The summed E-state index contributed by atoms with van der Waals surface area (Å²) in [5.74, 6) is 0. The van der Waals surface area contributed by atoms with Gasteiger partial charge in [0.1, 0.15) is 11.1 Å². The Morgan fingerprint density at radius 1 is 1.19 bits per heavy atom. The largest absolute Gasteiger partial charge is 0.235 e. The van der Waals surface area contributed by atoms with Gasteiger partial charge in [0, 0.05) is 4.90 Å². The molecule has 1 aromatic heterocycles. The lowest BCUT2D eigenvalue weighted by molar-refractivity contribution is 1.43. The van der Waals surface area contributed by atoms with Crippen LogP contribution in [-0.4, -0.2) is 11.2 Å². The number of rotatable bonds is 3. The summed E-state index contributed by atoms with van der Waals surface area (Å²) in [4.78, 5) is 5.75. The van der Waals surface area contributed by atoms with E-state index in [2.05, 4.69) is 23.2 Å². The topological polar surface area (TPSA) is 36.7 Å². The van der Waals surface area contributed by atoms with Gasteiger partial charge in [-0.3, -0.25) is 0 Å². The summed E-state index contributed by atoms with van der Waals surface area (Å²) in [6, 6.07) is 18.4. The van der Waals surface area contributed by atoms with Crippen molar-refractivity contribution in [2.45, 2.75) is 4.90 Å². The van der Waals surface area contributed by atoms with Crippen LogP contribution in [0, 0.1) is 11.3 Å². The number of allylic oxidation sites excluding steroid dienone is 1. The van der Waals surface area contributed by atoms with Gasteiger partial charge in [-0.1, -0.05) is 24.3 Å². The number of thiazole rings is 1. The van der Waals surface area contributed by atoms with Crippen LogP contribution in [-0.2, 0) is 0 Å². The summed E-state index contributed by atoms with van der Waals surface area (Å²) in [7, 11) is 0. The smallest absolute Gasteiger partial charge is 0.135 e. The maximum absolute atomic E-state index is 9.41. The highest BCUT2D eigenvalue weighted by molar-refractivity contribution is 7.98. The number of hydrogen-bond donors (Lipinski definition) is 0. The average Bonchev–Trinajstić information content (AvgIpc) is 2.97. The van der Waals surface area contributed by atoms with Gasteiger partial charge in [0.15, 0.2) is 0 Å². The molecule has 0 aliphatic rings. The molecule has 0 atom stereocenters. The molecule has 0 saturated carbocycles. The molecule has 4 heteroatoms. The van der Waals surface area contributed by atoms with Gasteiger partial charge in [-0.25, -0.2) is 4.98 Å². The zero-order chi connectivity index (χ0) is 14.7. The minimum Gasteiger partial charge on any atom is -0.235 e. The van der Waals surface area contributed by atoms with E-state index in [0.29, 0.717) is 5.57 Å². The van der Waals surface area contributed by atoms with E-state index < -0.39 is 0 Å². The van der Waals surface area contributed by atoms with Gasteiger partial charge in [-0.15, -0.1) is 23.1 Å². The number of benzene rings is 2. The Labute approximate surface area is 131 Å². The first kappa shape index (κ1) is 13.9. The lowest BCUT2D eigenvalue weighted by Gasteiger charge is -1.98. The van der Waals surface area contributed by atoms with Gasteiger partial charge in [0.05, 0.1) is 15.8 Å². The van der Waals surface area contributed by atoms with Crippen LogP contribution in [0.2, 0.25) is 0 Å². The maximum atomic E-state index is 9.41. The average molecular weight is 308 g/mol. The van der Waals surface area contributed by atoms with Gasteiger partial charge < -0.3 is 0 Å². The van der Waals surface area contributed by atoms with Crippen LogP contribution in [0.1, 0.15) is 10.6 Å². The molecule has 0 aliphatic carbocycles. The summed E-state index contributed by atoms with van der Waals surface area (Å²) in [6.45, 7) is 0. The van der Waals surface area contributed by atoms with Crippen LogP contribution in [0.5, 0.6) is 0 Å². The van der Waals surface area contributed by atoms with Gasteiger partial charge in [-0.05, 0) is 42.2 Å². The number of fused-ring (bicyclic) bond motifs is 1. The second-order valence-electron chi connectivity index (χ2n) is 4.43. The lowest BCUT2D eigenvalue weighted by Crippen LogP contribution is -1.80. The van der Waals surface area contributed by atoms with Crippen LogP contribution >= 0.6 is 23.1 Å². The molecule has 3 aromatic rings. The minimum absolute atomic E-state index is 0.605. The Hall–Kier alpha value is -2.09. The summed E-state index contributed by atoms with van der Waals surface area (Å²) in [5, 5.41) is 10.2. The predicted octanol–water partition coefficient (Wildman–Crippen LogP) is 5.08. The van der Waals surface area contributed by atoms with E-state index in [1.165, 1.54) is 4.90 Å². The van der Waals surface area contributed by atoms with E-state index in [-0.39, 0.29) is 0 Å². The number of nitriles is 1. The SMILES string of the molecule is CSc1ccc(/C=C(\C#N)c2nc3ccccc3s2)cc1. The lowest BCUT2D eigenvalue weighted by atomic mass is 10.1. The summed E-state index contributed by atoms with van der Waals surface area (Å²) >= 11 is 3.26. The van der Waals surface area contributed by atoms with Crippen LogP contribution in [0.4, 0.5) is 0 Å². The fourth-order valence-electron chi connectivity index (χ4n) is 2.00. The molecule has 0 unspecified atom stereocenters. The minimum atomic E-state index is 0.605. The van der Waals surface area contributed by atoms with Gasteiger partial charge in [-0.2, -0.15) is 5.26 Å². The van der Waals surface area contributed by atoms with Crippen LogP contribution in [0.15, 0.2) is 53.4 Å². The van der Waals surface area contributed by atoms with Gasteiger partial charge in [0.2, 0.25) is 0 Å². The fourth-order valence-corrected chi connectivity index (χ4v) is 3.34. The molecular weight excluding hydrogens is 296 g/mol. The normalized spacial score (nSPS) is 11.5. The zero-order valence-electron chi connectivity index (χ0n) is 11.4. The fraction of sp³-hybridized carbons (Fsp3) is 0.0588. The molecule has 0 fully saturated rings. The van der Waals surface area contributed by atoms with Crippen LogP contribution in [0.3, 0.4) is 0 Å². The van der Waals surface area contributed by atoms with E-state index in [9.17, 15) is 5.26 Å². The molecule has 102 valence electrons. The molecule has 0 amide bonds. The Bertz CT molecular complexity index is 806. The van der Waals surface area contributed by atoms with Gasteiger partial charge in [0.25, 0.3) is 0 Å². The van der Waals surface area contributed by atoms with Crippen LogP contribution < -0.4 is 0 Å². The number of hydrogen-bond acceptors (Lipinski definition) is 4. The van der Waals surface area contributed by atoms with E-state index in [1.54, 1.807) is 23.1 Å². The monoisotopic (exact) mass is 308 g/mol. The molecule has 0 radical (unpaired) electrons. The highest BCUT2D eigenvalue weighted by Gasteiger charge is 2.08. The summed E-state index contributed by atoms with van der Waals surface area (Å²) < 4.78 is 1.10. The first-order chi connectivity index (χ1) is 10.3. The Morgan fingerprint density at radius 2 is 1.95 bits per heavy atom. The molecular formula is C17H12N2S2. The Kier molecular flexibility index (Phi) is 4.05. The summed E-state index contributed by atoms with van der Waals surface area (Å²) in [6.07, 6.45) is 3.94. The standard InChI is InChI=1S/C17H12N2S2/c1-20-14-8-6-12(7-9-14)10-13(11-18)17-19-15-4-2-3-5-16(15)21-17/h2-10H,1H3/b13-10+. The third-order valence-electron chi connectivity index (χ3n) is 3.07.